The lowest BCUT2D eigenvalue weighted by Crippen LogP contribution is -2.63. The molecule has 24 heavy (non-hydrogen) atoms. The van der Waals surface area contributed by atoms with Gasteiger partial charge in [0.25, 0.3) is 0 Å². The van der Waals surface area contributed by atoms with Gasteiger partial charge in [-0.05, 0) is 0 Å². The smallest absolute Gasteiger partial charge is 0.303 e. The first kappa shape index (κ1) is 19.8. The average Bonchev–Trinajstić information content (AvgIpc) is 2.42. The van der Waals surface area contributed by atoms with E-state index in [9.17, 15) is 24.5 Å². The number of methoxy groups -OCH3 is 1. The number of hydrogen-bond acceptors (Lipinski definition) is 10. The lowest BCUT2D eigenvalue weighted by Gasteiger charge is -2.42. The fraction of sp³-hybridized carbons (Fsp3) is 0.769. The molecule has 1 aliphatic rings. The van der Waals surface area contributed by atoms with Crippen LogP contribution >= 0.6 is 0 Å². The molecule has 1 fully saturated rings. The molecule has 11 nitrogen and oxygen atoms in total. The van der Waals surface area contributed by atoms with Crippen molar-refractivity contribution in [3.8, 4) is 0 Å². The quantitative estimate of drug-likeness (QED) is 0.265. The van der Waals surface area contributed by atoms with Crippen LogP contribution in [-0.2, 0) is 38.1 Å². The van der Waals surface area contributed by atoms with Gasteiger partial charge in [0.15, 0.2) is 30.7 Å². The summed E-state index contributed by atoms with van der Waals surface area (Å²) in [6, 6.07) is 0. The highest BCUT2D eigenvalue weighted by Crippen LogP contribution is 2.29. The molecule has 0 aromatic carbocycles. The third-order valence-corrected chi connectivity index (χ3v) is 3.06. The van der Waals surface area contributed by atoms with E-state index in [1.54, 1.807) is 0 Å². The van der Waals surface area contributed by atoms with Gasteiger partial charge in [0, 0.05) is 32.8 Å². The van der Waals surface area contributed by atoms with Crippen molar-refractivity contribution in [2.75, 3.05) is 13.7 Å². The third kappa shape index (κ3) is 5.42. The predicted molar refractivity (Wildman–Crippen MR) is 74.2 cm³/mol. The molecular formula is C13H19NO10. The Morgan fingerprint density at radius 2 is 1.42 bits per heavy atom. The Morgan fingerprint density at radius 3 is 1.83 bits per heavy atom. The minimum atomic E-state index is -1.34. The van der Waals surface area contributed by atoms with Gasteiger partial charge in [0.2, 0.25) is 6.54 Å². The van der Waals surface area contributed by atoms with Gasteiger partial charge in [-0.15, -0.1) is 0 Å². The van der Waals surface area contributed by atoms with Crippen LogP contribution in [0.25, 0.3) is 0 Å². The lowest BCUT2D eigenvalue weighted by atomic mass is 9.97. The Balaban J connectivity index is 3.23. The molecule has 1 heterocycles. The maximum absolute atomic E-state index is 11.4. The Morgan fingerprint density at radius 1 is 0.958 bits per heavy atom. The van der Waals surface area contributed by atoms with Crippen LogP contribution in [-0.4, -0.2) is 67.2 Å². The summed E-state index contributed by atoms with van der Waals surface area (Å²) in [6.45, 7) is 2.55. The predicted octanol–water partition coefficient (Wildman–Crippen LogP) is -0.570. The highest BCUT2D eigenvalue weighted by atomic mass is 16.7. The van der Waals surface area contributed by atoms with E-state index in [-0.39, 0.29) is 0 Å². The Hall–Kier alpha value is -2.27. The number of nitro groups is 1. The monoisotopic (exact) mass is 349 g/mol. The molecule has 136 valence electrons. The number of rotatable bonds is 6. The second kappa shape index (κ2) is 8.55. The molecule has 0 bridgehead atoms. The molecule has 0 aromatic heterocycles. The molecule has 0 unspecified atom stereocenters. The van der Waals surface area contributed by atoms with Gasteiger partial charge in [0.1, 0.15) is 0 Å². The van der Waals surface area contributed by atoms with Crippen molar-refractivity contribution in [3.05, 3.63) is 10.1 Å². The molecule has 0 saturated carbocycles. The third-order valence-electron chi connectivity index (χ3n) is 3.06. The Labute approximate surface area is 137 Å². The summed E-state index contributed by atoms with van der Waals surface area (Å²) in [7, 11) is 1.22. The molecule has 0 aliphatic carbocycles. The minimum absolute atomic E-state index is 0.676. The van der Waals surface area contributed by atoms with Gasteiger partial charge in [-0.25, -0.2) is 0 Å². The van der Waals surface area contributed by atoms with Crippen LogP contribution in [0.3, 0.4) is 0 Å². The van der Waals surface area contributed by atoms with Gasteiger partial charge in [-0.2, -0.15) is 0 Å². The van der Waals surface area contributed by atoms with Crippen LogP contribution in [0.1, 0.15) is 20.8 Å². The number of hydrogen-bond donors (Lipinski definition) is 0. The zero-order valence-corrected chi connectivity index (χ0v) is 13.6. The highest BCUT2D eigenvalue weighted by Gasteiger charge is 2.53. The summed E-state index contributed by atoms with van der Waals surface area (Å²) in [6.07, 6.45) is -6.42. The number of nitrogens with zero attached hydrogens (tertiary/aromatic N) is 1. The number of esters is 3. The number of carbonyl (C=O) groups is 3. The van der Waals surface area contributed by atoms with Crippen LogP contribution in [0.5, 0.6) is 0 Å². The van der Waals surface area contributed by atoms with Crippen LogP contribution in [0.15, 0.2) is 0 Å². The molecule has 1 aliphatic heterocycles. The SMILES string of the molecule is CO[C@H]1O[C@@H](C[N+](=O)[O-])[C@@H](OC(C)=O)[C@@H](OC(C)=O)[C@H]1OC(C)=O. The van der Waals surface area contributed by atoms with E-state index >= 15 is 0 Å². The second-order valence-corrected chi connectivity index (χ2v) is 5.02. The molecule has 0 radical (unpaired) electrons. The second-order valence-electron chi connectivity index (χ2n) is 5.02. The van der Waals surface area contributed by atoms with Crippen molar-refractivity contribution in [2.24, 2.45) is 0 Å². The molecule has 0 spiro atoms. The summed E-state index contributed by atoms with van der Waals surface area (Å²) in [5.74, 6) is -2.26. The fourth-order valence-corrected chi connectivity index (χ4v) is 2.34. The van der Waals surface area contributed by atoms with Crippen LogP contribution in [0, 0.1) is 10.1 Å². The largest absolute Gasteiger partial charge is 0.455 e. The van der Waals surface area contributed by atoms with Crippen molar-refractivity contribution in [1.82, 2.24) is 0 Å². The van der Waals surface area contributed by atoms with Gasteiger partial charge in [-0.1, -0.05) is 0 Å². The molecule has 0 aromatic rings. The van der Waals surface area contributed by atoms with Gasteiger partial charge >= 0.3 is 17.9 Å². The van der Waals surface area contributed by atoms with E-state index in [4.69, 9.17) is 23.7 Å². The average molecular weight is 349 g/mol. The standard InChI is InChI=1S/C13H19NO10/c1-6(15)21-10-9(5-14(18)19)24-13(20-4)12(23-8(3)17)11(10)22-7(2)16/h9-13H,5H2,1-4H3/t9-,10+,11+,12+,13-/m0/s1. The maximum atomic E-state index is 11.4. The maximum Gasteiger partial charge on any atom is 0.303 e. The molecular weight excluding hydrogens is 330 g/mol. The Kier molecular flexibility index (Phi) is 7.04. The summed E-state index contributed by atoms with van der Waals surface area (Å²) in [5, 5.41) is 10.8. The van der Waals surface area contributed by atoms with E-state index < -0.39 is 60.1 Å². The summed E-state index contributed by atoms with van der Waals surface area (Å²) in [4.78, 5) is 44.2. The van der Waals surface area contributed by atoms with E-state index in [2.05, 4.69) is 0 Å². The van der Waals surface area contributed by atoms with Crippen molar-refractivity contribution >= 4 is 17.9 Å². The van der Waals surface area contributed by atoms with Gasteiger partial charge in [0.05, 0.1) is 0 Å². The highest BCUT2D eigenvalue weighted by molar-refractivity contribution is 5.68. The first-order valence-electron chi connectivity index (χ1n) is 6.97. The van der Waals surface area contributed by atoms with Crippen molar-refractivity contribution in [1.29, 1.82) is 0 Å². The zero-order valence-electron chi connectivity index (χ0n) is 13.6. The summed E-state index contributed by atoms with van der Waals surface area (Å²) in [5.41, 5.74) is 0. The van der Waals surface area contributed by atoms with Crippen LogP contribution < -0.4 is 0 Å². The topological polar surface area (TPSA) is 141 Å². The Bertz CT molecular complexity index is 507. The van der Waals surface area contributed by atoms with Gasteiger partial charge < -0.3 is 23.7 Å². The molecule has 0 amide bonds. The molecule has 1 rings (SSSR count). The van der Waals surface area contributed by atoms with E-state index in [0.717, 1.165) is 20.8 Å². The van der Waals surface area contributed by atoms with Crippen molar-refractivity contribution < 1.29 is 43.0 Å². The molecule has 1 saturated heterocycles. The van der Waals surface area contributed by atoms with Crippen LogP contribution in [0.2, 0.25) is 0 Å². The zero-order chi connectivity index (χ0) is 18.4. The fourth-order valence-electron chi connectivity index (χ4n) is 2.34. The van der Waals surface area contributed by atoms with Gasteiger partial charge in [-0.3, -0.25) is 24.5 Å². The number of carbonyl (C=O) groups excluding carboxylic acids is 3. The molecule has 11 heteroatoms. The number of ether oxygens (including phenoxy) is 5. The lowest BCUT2D eigenvalue weighted by molar-refractivity contribution is -0.501. The van der Waals surface area contributed by atoms with E-state index in [1.807, 2.05) is 0 Å². The first-order valence-corrected chi connectivity index (χ1v) is 6.97. The van der Waals surface area contributed by atoms with E-state index in [1.165, 1.54) is 7.11 Å². The summed E-state index contributed by atoms with van der Waals surface area (Å²) < 4.78 is 25.6. The minimum Gasteiger partial charge on any atom is -0.455 e. The summed E-state index contributed by atoms with van der Waals surface area (Å²) >= 11 is 0. The normalized spacial score (nSPS) is 29.4. The van der Waals surface area contributed by atoms with Crippen LogP contribution in [0.4, 0.5) is 0 Å². The van der Waals surface area contributed by atoms with Crippen molar-refractivity contribution in [3.63, 3.8) is 0 Å². The van der Waals surface area contributed by atoms with E-state index in [0.29, 0.717) is 0 Å². The van der Waals surface area contributed by atoms with Crippen molar-refractivity contribution in [2.45, 2.75) is 51.5 Å². The molecule has 5 atom stereocenters. The first-order chi connectivity index (χ1) is 11.1. The molecule has 0 N–H and O–H groups in total.